The smallest absolute Gasteiger partial charge is 0.241 e. The van der Waals surface area contributed by atoms with Crippen molar-refractivity contribution in [2.24, 2.45) is 0 Å². The van der Waals surface area contributed by atoms with E-state index in [1.54, 1.807) is 11.0 Å². The summed E-state index contributed by atoms with van der Waals surface area (Å²) in [7, 11) is 0. The van der Waals surface area contributed by atoms with Gasteiger partial charge in [-0.3, -0.25) is 4.79 Å². The summed E-state index contributed by atoms with van der Waals surface area (Å²) in [6.07, 6.45) is 1.74. The maximum Gasteiger partial charge on any atom is 0.241 e. The molecule has 1 heterocycles. The van der Waals surface area contributed by atoms with Gasteiger partial charge in [0.25, 0.3) is 0 Å². The molecule has 0 aliphatic carbocycles. The highest BCUT2D eigenvalue weighted by atomic mass is 16.2. The number of hydrogen-bond donors (Lipinski definition) is 2. The average molecular weight is 265 g/mol. The van der Waals surface area contributed by atoms with Gasteiger partial charge < -0.3 is 16.0 Å². The molecule has 19 heavy (non-hydrogen) atoms. The molecular weight excluding hydrogens is 242 g/mol. The number of nitrogen functional groups attached to an aromatic ring is 1. The van der Waals surface area contributed by atoms with Crippen LogP contribution >= 0.6 is 0 Å². The first-order chi connectivity index (χ1) is 9.10. The zero-order valence-electron chi connectivity index (χ0n) is 11.9. The summed E-state index contributed by atoms with van der Waals surface area (Å²) in [4.78, 5) is 22.1. The van der Waals surface area contributed by atoms with Crippen molar-refractivity contribution in [3.63, 3.8) is 0 Å². The number of amides is 1. The zero-order valence-corrected chi connectivity index (χ0v) is 11.9. The number of carbonyl (C=O) groups is 1. The summed E-state index contributed by atoms with van der Waals surface area (Å²) in [6.45, 7) is 7.63. The van der Waals surface area contributed by atoms with Gasteiger partial charge >= 0.3 is 0 Å². The number of nitrogens with one attached hydrogen (secondary N) is 1. The number of nitrogens with zero attached hydrogens (tertiary/aromatic N) is 3. The van der Waals surface area contributed by atoms with E-state index in [1.165, 1.54) is 0 Å². The molecule has 0 aliphatic heterocycles. The zero-order chi connectivity index (χ0) is 14.3. The van der Waals surface area contributed by atoms with Gasteiger partial charge in [-0.2, -0.15) is 0 Å². The van der Waals surface area contributed by atoms with Crippen molar-refractivity contribution in [1.82, 2.24) is 14.9 Å². The third-order valence-corrected chi connectivity index (χ3v) is 2.80. The van der Waals surface area contributed by atoms with E-state index in [4.69, 9.17) is 5.73 Å². The molecule has 0 bridgehead atoms. The minimum atomic E-state index is 0.0548. The van der Waals surface area contributed by atoms with Crippen molar-refractivity contribution in [3.8, 4) is 0 Å². The minimum absolute atomic E-state index is 0.0548. The number of likely N-dealkylation sites (N-methyl/N-ethyl adjacent to an activating group) is 1. The van der Waals surface area contributed by atoms with Gasteiger partial charge in [0.15, 0.2) is 0 Å². The molecule has 1 aromatic heterocycles. The number of nitrogens with two attached hydrogens (primary N) is 1. The predicted octanol–water partition coefficient (Wildman–Crippen LogP) is 1.29. The van der Waals surface area contributed by atoms with Crippen LogP contribution in [0.4, 0.5) is 11.6 Å². The van der Waals surface area contributed by atoms with E-state index in [9.17, 15) is 4.79 Å². The lowest BCUT2D eigenvalue weighted by Crippen LogP contribution is -2.35. The Morgan fingerprint density at radius 2 is 2.00 bits per heavy atom. The summed E-state index contributed by atoms with van der Waals surface area (Å²) in [5, 5.41) is 3.01. The van der Waals surface area contributed by atoms with Crippen molar-refractivity contribution >= 4 is 17.5 Å². The Balaban J connectivity index is 2.64. The maximum absolute atomic E-state index is 11.9. The van der Waals surface area contributed by atoms with Crippen LogP contribution in [0, 0.1) is 0 Å². The Labute approximate surface area is 114 Å². The molecule has 6 nitrogen and oxygen atoms in total. The lowest BCUT2D eigenvalue weighted by molar-refractivity contribution is -0.128. The normalized spacial score (nSPS) is 10.3. The number of hydrogen-bond acceptors (Lipinski definition) is 5. The topological polar surface area (TPSA) is 84.1 Å². The standard InChI is InChI=1S/C13H23N5O/c1-4-7-11-16-10(14)8-12(17-11)15-9-13(19)18(5-2)6-3/h8H,4-7,9H2,1-3H3,(H3,14,15,16,17). The molecule has 106 valence electrons. The van der Waals surface area contributed by atoms with Gasteiger partial charge in [0.1, 0.15) is 17.5 Å². The molecule has 6 heteroatoms. The maximum atomic E-state index is 11.9. The predicted molar refractivity (Wildman–Crippen MR) is 76.9 cm³/mol. The lowest BCUT2D eigenvalue weighted by atomic mass is 10.3. The van der Waals surface area contributed by atoms with Crippen molar-refractivity contribution < 1.29 is 4.79 Å². The van der Waals surface area contributed by atoms with E-state index in [1.807, 2.05) is 13.8 Å². The highest BCUT2D eigenvalue weighted by molar-refractivity contribution is 5.80. The second-order valence-corrected chi connectivity index (χ2v) is 4.26. The molecule has 0 aliphatic rings. The fraction of sp³-hybridized carbons (Fsp3) is 0.615. The highest BCUT2D eigenvalue weighted by Gasteiger charge is 2.09. The molecule has 0 atom stereocenters. The first kappa shape index (κ1) is 15.2. The summed E-state index contributed by atoms with van der Waals surface area (Å²) < 4.78 is 0. The van der Waals surface area contributed by atoms with E-state index in [0.29, 0.717) is 30.5 Å². The van der Waals surface area contributed by atoms with E-state index < -0.39 is 0 Å². The molecule has 0 spiro atoms. The van der Waals surface area contributed by atoms with Crippen LogP contribution in [0.5, 0.6) is 0 Å². The van der Waals surface area contributed by atoms with Crippen LogP contribution in [0.25, 0.3) is 0 Å². The lowest BCUT2D eigenvalue weighted by Gasteiger charge is -2.19. The number of aryl methyl sites for hydroxylation is 1. The molecule has 0 aromatic carbocycles. The monoisotopic (exact) mass is 265 g/mol. The van der Waals surface area contributed by atoms with Crippen LogP contribution in [-0.2, 0) is 11.2 Å². The molecule has 0 saturated heterocycles. The molecule has 0 radical (unpaired) electrons. The van der Waals surface area contributed by atoms with Gasteiger partial charge in [-0.25, -0.2) is 9.97 Å². The minimum Gasteiger partial charge on any atom is -0.384 e. The van der Waals surface area contributed by atoms with Gasteiger partial charge in [-0.1, -0.05) is 6.92 Å². The summed E-state index contributed by atoms with van der Waals surface area (Å²) >= 11 is 0. The van der Waals surface area contributed by atoms with Crippen LogP contribution in [-0.4, -0.2) is 40.4 Å². The second kappa shape index (κ2) is 7.56. The van der Waals surface area contributed by atoms with E-state index in [2.05, 4.69) is 22.2 Å². The molecule has 0 saturated carbocycles. The van der Waals surface area contributed by atoms with Crippen LogP contribution in [0.15, 0.2) is 6.07 Å². The summed E-state index contributed by atoms with van der Waals surface area (Å²) in [5.74, 6) is 1.80. The Kier molecular flexibility index (Phi) is 6.05. The van der Waals surface area contributed by atoms with Crippen LogP contribution in [0.3, 0.4) is 0 Å². The van der Waals surface area contributed by atoms with Gasteiger partial charge in [0, 0.05) is 25.6 Å². The van der Waals surface area contributed by atoms with Crippen LogP contribution in [0.1, 0.15) is 33.0 Å². The Bertz CT molecular complexity index is 417. The van der Waals surface area contributed by atoms with Gasteiger partial charge in [0.05, 0.1) is 6.54 Å². The molecule has 1 amide bonds. The number of aromatic nitrogens is 2. The third-order valence-electron chi connectivity index (χ3n) is 2.80. The first-order valence-corrected chi connectivity index (χ1v) is 6.75. The Morgan fingerprint density at radius 3 is 2.58 bits per heavy atom. The largest absolute Gasteiger partial charge is 0.384 e. The highest BCUT2D eigenvalue weighted by Crippen LogP contribution is 2.09. The van der Waals surface area contributed by atoms with Gasteiger partial charge in [-0.15, -0.1) is 0 Å². The van der Waals surface area contributed by atoms with Crippen molar-refractivity contribution in [3.05, 3.63) is 11.9 Å². The molecule has 3 N–H and O–H groups in total. The average Bonchev–Trinajstić information content (AvgIpc) is 2.37. The second-order valence-electron chi connectivity index (χ2n) is 4.26. The number of anilines is 2. The molecule has 0 unspecified atom stereocenters. The van der Waals surface area contributed by atoms with Gasteiger partial charge in [-0.05, 0) is 20.3 Å². The molecule has 1 aromatic rings. The molecule has 0 fully saturated rings. The van der Waals surface area contributed by atoms with E-state index in [-0.39, 0.29) is 12.5 Å². The fourth-order valence-corrected chi connectivity index (χ4v) is 1.80. The SMILES string of the molecule is CCCc1nc(N)cc(NCC(=O)N(CC)CC)n1. The molecule has 1 rings (SSSR count). The van der Waals surface area contributed by atoms with Crippen molar-refractivity contribution in [2.45, 2.75) is 33.6 Å². The quantitative estimate of drug-likeness (QED) is 0.776. The summed E-state index contributed by atoms with van der Waals surface area (Å²) in [5.41, 5.74) is 5.72. The van der Waals surface area contributed by atoms with Crippen molar-refractivity contribution in [2.75, 3.05) is 30.7 Å². The van der Waals surface area contributed by atoms with Crippen LogP contribution < -0.4 is 11.1 Å². The Morgan fingerprint density at radius 1 is 1.32 bits per heavy atom. The number of carbonyl (C=O) groups excluding carboxylic acids is 1. The third kappa shape index (κ3) is 4.73. The van der Waals surface area contributed by atoms with Gasteiger partial charge in [0.2, 0.25) is 5.91 Å². The van der Waals surface area contributed by atoms with Crippen LogP contribution in [0.2, 0.25) is 0 Å². The molecular formula is C13H23N5O. The summed E-state index contributed by atoms with van der Waals surface area (Å²) in [6, 6.07) is 1.65. The number of rotatable bonds is 7. The first-order valence-electron chi connectivity index (χ1n) is 6.75. The Hall–Kier alpha value is -1.85. The van der Waals surface area contributed by atoms with Crippen molar-refractivity contribution in [1.29, 1.82) is 0 Å². The van der Waals surface area contributed by atoms with E-state index in [0.717, 1.165) is 12.8 Å². The fourth-order valence-electron chi connectivity index (χ4n) is 1.80. The van der Waals surface area contributed by atoms with E-state index >= 15 is 0 Å².